The lowest BCUT2D eigenvalue weighted by atomic mass is 9.85. The molecule has 79 heavy (non-hydrogen) atoms. The third-order valence-corrected chi connectivity index (χ3v) is 17.6. The minimum absolute atomic E-state index is 0.172. The largest absolute Gasteiger partial charge is 0.391 e. The number of primary amides is 1. The van der Waals surface area contributed by atoms with Gasteiger partial charge in [-0.2, -0.15) is 0 Å². The van der Waals surface area contributed by atoms with Crippen molar-refractivity contribution in [2.24, 2.45) is 16.1 Å². The Hall–Kier alpha value is -6.99. The molecule has 2 saturated heterocycles. The van der Waals surface area contributed by atoms with Gasteiger partial charge in [0.25, 0.3) is 0 Å². The lowest BCUT2D eigenvalue weighted by molar-refractivity contribution is -0.144. The molecule has 0 radical (unpaired) electrons. The molecule has 5 aromatic rings. The Bertz CT molecular complexity index is 3220. The maximum absolute atomic E-state index is 14.5. The molecule has 0 unspecified atom stereocenters. The number of fused-ring (bicyclic) bond motifs is 4. The number of aliphatic imine (C=N–C) groups is 1. The Balaban J connectivity index is 1.09. The number of benzene rings is 2. The minimum Gasteiger partial charge on any atom is -0.391 e. The van der Waals surface area contributed by atoms with Crippen molar-refractivity contribution in [3.8, 4) is 15.4 Å². The second-order valence-electron chi connectivity index (χ2n) is 21.0. The van der Waals surface area contributed by atoms with Crippen LogP contribution < -0.4 is 32.3 Å². The first-order valence-electron chi connectivity index (χ1n) is 25.5. The van der Waals surface area contributed by atoms with Crippen molar-refractivity contribution in [3.63, 3.8) is 0 Å². The summed E-state index contributed by atoms with van der Waals surface area (Å²) >= 11 is 10.3. The molecule has 0 bridgehead atoms. The van der Waals surface area contributed by atoms with Crippen molar-refractivity contribution >= 4 is 99.0 Å². The van der Waals surface area contributed by atoms with Crippen LogP contribution in [0, 0.1) is 33.1 Å². The molecule has 3 aliphatic rings. The second-order valence-corrected chi connectivity index (χ2v) is 24.5. The number of thioether (sulfide) groups is 1. The highest BCUT2D eigenvalue weighted by atomic mass is 35.5. The molecule has 6 heterocycles. The van der Waals surface area contributed by atoms with E-state index in [2.05, 4.69) is 36.8 Å². The predicted octanol–water partition coefficient (Wildman–Crippen LogP) is 3.35. The number of aliphatic hydroxyl groups is 1. The van der Waals surface area contributed by atoms with E-state index < -0.39 is 108 Å². The summed E-state index contributed by atoms with van der Waals surface area (Å²) in [6, 6.07) is 8.32. The van der Waals surface area contributed by atoms with Gasteiger partial charge in [0.2, 0.25) is 47.3 Å². The Labute approximate surface area is 473 Å². The van der Waals surface area contributed by atoms with Crippen LogP contribution in [0.25, 0.3) is 15.4 Å². The first kappa shape index (κ1) is 58.2. The Morgan fingerprint density at radius 3 is 2.23 bits per heavy atom. The van der Waals surface area contributed by atoms with E-state index in [1.807, 2.05) is 55.8 Å². The van der Waals surface area contributed by atoms with E-state index in [9.17, 15) is 43.5 Å². The highest BCUT2D eigenvalue weighted by Crippen LogP contribution is 2.40. The number of hydrogen-bond donors (Lipinski definition) is 7. The third-order valence-electron chi connectivity index (χ3n) is 14.1. The van der Waals surface area contributed by atoms with E-state index in [-0.39, 0.29) is 30.9 Å². The van der Waals surface area contributed by atoms with Crippen molar-refractivity contribution in [3.05, 3.63) is 109 Å². The first-order valence-corrected chi connectivity index (χ1v) is 28.7. The molecule has 8 amide bonds. The van der Waals surface area contributed by atoms with E-state index in [4.69, 9.17) is 22.3 Å². The lowest BCUT2D eigenvalue weighted by Gasteiger charge is -2.35. The zero-order valence-corrected chi connectivity index (χ0v) is 48.0. The topological polar surface area (TPSA) is 293 Å². The van der Waals surface area contributed by atoms with Crippen LogP contribution >= 0.6 is 46.0 Å². The highest BCUT2D eigenvalue weighted by molar-refractivity contribution is 8.00. The molecule has 0 spiro atoms. The van der Waals surface area contributed by atoms with E-state index in [1.54, 1.807) is 68.5 Å². The van der Waals surface area contributed by atoms with Gasteiger partial charge >= 0.3 is 0 Å². The molecule has 0 saturated carbocycles. The molecule has 418 valence electrons. The standard InChI is InChI=1S/C54H63ClN12O9S3/c1-26-17-18-78-45(26)32-11-9-31(10-12-32)44-51(75)57-21-39(69)58-36(49(73)60-37(47(56)72)24-77-25-40(70)61-46(54(5,6)7)52(76)66-22-34(68)19-38(66)50(74)62-44)23-65(8)41(71)20-35-48-64-63-29(4)67(48)53-42(27(2)28(3)79-53)43(59-35)30-13-15-33(55)16-14-30/h9-18,34-38,44,46,68H,19-25H2,1-8H3,(H2,56,72)(H,57,75)(H,58,69)(H,60,73)(H,61,70)(H,62,74)/t34-,35+,36-,37-,38+,44-,46-/m1/s1. The van der Waals surface area contributed by atoms with Crippen LogP contribution in [0.2, 0.25) is 5.02 Å². The predicted molar refractivity (Wildman–Crippen MR) is 302 cm³/mol. The average molecular weight is 1160 g/mol. The van der Waals surface area contributed by atoms with Crippen LogP contribution in [0.3, 0.4) is 0 Å². The van der Waals surface area contributed by atoms with Gasteiger partial charge in [0.05, 0.1) is 30.5 Å². The molecule has 8 N–H and O–H groups in total. The van der Waals surface area contributed by atoms with Gasteiger partial charge < -0.3 is 47.2 Å². The van der Waals surface area contributed by atoms with Crippen molar-refractivity contribution in [2.45, 2.75) is 104 Å². The van der Waals surface area contributed by atoms with Gasteiger partial charge in [-0.3, -0.25) is 47.9 Å². The Morgan fingerprint density at radius 1 is 0.873 bits per heavy atom. The Morgan fingerprint density at radius 2 is 1.57 bits per heavy atom. The summed E-state index contributed by atoms with van der Waals surface area (Å²) in [5.74, 6) is -5.71. The summed E-state index contributed by atoms with van der Waals surface area (Å²) in [5, 5.41) is 36.3. The first-order chi connectivity index (χ1) is 37.4. The molecule has 3 aromatic heterocycles. The number of hydrogen-bond acceptors (Lipinski definition) is 15. The van der Waals surface area contributed by atoms with E-state index in [0.717, 1.165) is 54.3 Å². The molecule has 7 atom stereocenters. The number of nitrogens with one attached hydrogen (secondary N) is 5. The summed E-state index contributed by atoms with van der Waals surface area (Å²) in [6.07, 6.45) is -1.55. The number of nitrogens with zero attached hydrogens (tertiary/aromatic N) is 6. The molecule has 3 aliphatic heterocycles. The summed E-state index contributed by atoms with van der Waals surface area (Å²) in [6.45, 7) is 11.5. The number of carbonyl (C=O) groups is 8. The fourth-order valence-electron chi connectivity index (χ4n) is 9.63. The number of nitrogens with two attached hydrogens (primary N) is 1. The van der Waals surface area contributed by atoms with E-state index in [1.165, 1.54) is 28.2 Å². The quantitative estimate of drug-likeness (QED) is 0.118. The molecule has 25 heteroatoms. The van der Waals surface area contributed by atoms with Crippen LogP contribution in [0.4, 0.5) is 0 Å². The van der Waals surface area contributed by atoms with Gasteiger partial charge in [-0.05, 0) is 78.9 Å². The number of thiophene rings is 2. The number of amides is 8. The number of likely N-dealkylation sites (N-methyl/N-ethyl adjacent to an activating group) is 1. The second kappa shape index (κ2) is 24.2. The van der Waals surface area contributed by atoms with Gasteiger partial charge in [0.1, 0.15) is 47.1 Å². The van der Waals surface area contributed by atoms with Gasteiger partial charge in [-0.15, -0.1) is 44.6 Å². The third kappa shape index (κ3) is 13.0. The van der Waals surface area contributed by atoms with Crippen LogP contribution in [0.1, 0.15) is 90.0 Å². The molecule has 21 nitrogen and oxygen atoms in total. The summed E-state index contributed by atoms with van der Waals surface area (Å²) in [4.78, 5) is 122. The van der Waals surface area contributed by atoms with Crippen molar-refractivity contribution in [2.75, 3.05) is 38.2 Å². The number of aromatic nitrogens is 3. The zero-order valence-electron chi connectivity index (χ0n) is 44.8. The smallest absolute Gasteiger partial charge is 0.247 e. The lowest BCUT2D eigenvalue weighted by Crippen LogP contribution is -2.58. The summed E-state index contributed by atoms with van der Waals surface area (Å²) < 4.78 is 1.89. The average Bonchev–Trinajstić information content (AvgIpc) is 4.23. The van der Waals surface area contributed by atoms with Gasteiger partial charge in [0.15, 0.2) is 5.82 Å². The molecule has 8 rings (SSSR count). The number of halogens is 1. The van der Waals surface area contributed by atoms with Gasteiger partial charge in [0, 0.05) is 58.2 Å². The molecular weight excluding hydrogens is 1090 g/mol. The summed E-state index contributed by atoms with van der Waals surface area (Å²) in [5.41, 5.74) is 10.3. The fourth-order valence-corrected chi connectivity index (χ4v) is 12.8. The minimum atomic E-state index is -1.56. The number of aliphatic hydroxyl groups excluding tert-OH is 1. The monoisotopic (exact) mass is 1150 g/mol. The van der Waals surface area contributed by atoms with Crippen molar-refractivity contribution < 1.29 is 43.5 Å². The number of aryl methyl sites for hydroxylation is 3. The van der Waals surface area contributed by atoms with Crippen LogP contribution in [-0.2, 0) is 38.4 Å². The Kier molecular flexibility index (Phi) is 17.8. The highest BCUT2D eigenvalue weighted by Gasteiger charge is 2.46. The summed E-state index contributed by atoms with van der Waals surface area (Å²) in [7, 11) is 1.43. The van der Waals surface area contributed by atoms with Gasteiger partial charge in [-0.1, -0.05) is 68.8 Å². The molecule has 2 aromatic carbocycles. The van der Waals surface area contributed by atoms with Gasteiger partial charge in [-0.25, -0.2) is 0 Å². The maximum atomic E-state index is 14.5. The molecular formula is C54H63ClN12O9S3. The fraction of sp³-hybridized carbons (Fsp3) is 0.426. The zero-order chi connectivity index (χ0) is 57.2. The van der Waals surface area contributed by atoms with Crippen molar-refractivity contribution in [1.29, 1.82) is 0 Å². The van der Waals surface area contributed by atoms with Crippen LogP contribution in [0.15, 0.2) is 65.0 Å². The molecule has 0 aliphatic carbocycles. The molecule has 2 fully saturated rings. The SMILES string of the molecule is Cc1ccsc1-c1ccc([C@H]2NC(=O)[C@@H]3C[C@@H](O)CN3C(=O)[C@H](C(C)(C)C)NC(=O)CSC[C@H](C(N)=O)NC(=O)[C@@H](CN(C)C(=O)C[C@@H]3N=C(c4ccc(Cl)cc4)c4c(sc(C)c4C)-n4c(C)nnc43)NC(=O)CNC2=O)cc1. The van der Waals surface area contributed by atoms with Crippen LogP contribution in [0.5, 0.6) is 0 Å². The van der Waals surface area contributed by atoms with E-state index in [0.29, 0.717) is 27.9 Å². The normalized spacial score (nSPS) is 22.8. The van der Waals surface area contributed by atoms with E-state index >= 15 is 0 Å². The maximum Gasteiger partial charge on any atom is 0.247 e. The van der Waals surface area contributed by atoms with Crippen molar-refractivity contribution in [1.82, 2.24) is 51.1 Å². The number of rotatable bonds is 8. The number of carbonyl (C=O) groups excluding carboxylic acids is 8. The van der Waals surface area contributed by atoms with Crippen LogP contribution in [-0.4, -0.2) is 151 Å².